The van der Waals surface area contributed by atoms with Crippen molar-refractivity contribution in [1.29, 1.82) is 0 Å². The third-order valence-corrected chi connectivity index (χ3v) is 4.70. The Labute approximate surface area is 140 Å². The number of ether oxygens (including phenoxy) is 1. The van der Waals surface area contributed by atoms with Crippen molar-refractivity contribution in [1.82, 2.24) is 4.72 Å². The second kappa shape index (κ2) is 7.59. The molecule has 0 unspecified atom stereocenters. The molecule has 0 aliphatic carbocycles. The first-order valence-corrected chi connectivity index (χ1v) is 8.87. The van der Waals surface area contributed by atoms with E-state index < -0.39 is 22.5 Å². The lowest BCUT2D eigenvalue weighted by atomic mass is 10.2. The van der Waals surface area contributed by atoms with Crippen molar-refractivity contribution in [3.63, 3.8) is 0 Å². The van der Waals surface area contributed by atoms with Crippen LogP contribution in [0.2, 0.25) is 5.02 Å². The first-order chi connectivity index (χ1) is 10.9. The Balaban J connectivity index is 1.93. The van der Waals surface area contributed by atoms with Crippen molar-refractivity contribution in [3.05, 3.63) is 64.7 Å². The molecule has 0 bridgehead atoms. The van der Waals surface area contributed by atoms with Gasteiger partial charge in [0, 0.05) is 5.02 Å². The molecule has 0 radical (unpaired) electrons. The van der Waals surface area contributed by atoms with E-state index in [4.69, 9.17) is 16.3 Å². The van der Waals surface area contributed by atoms with Crippen LogP contribution in [0.1, 0.15) is 11.1 Å². The van der Waals surface area contributed by atoms with Gasteiger partial charge in [-0.2, -0.15) is 0 Å². The molecule has 0 aliphatic rings. The molecule has 7 heteroatoms. The molecule has 122 valence electrons. The van der Waals surface area contributed by atoms with Gasteiger partial charge in [-0.25, -0.2) is 13.1 Å². The van der Waals surface area contributed by atoms with E-state index in [2.05, 4.69) is 4.72 Å². The normalized spacial score (nSPS) is 11.2. The van der Waals surface area contributed by atoms with E-state index in [1.165, 1.54) is 0 Å². The van der Waals surface area contributed by atoms with E-state index in [1.807, 2.05) is 6.07 Å². The van der Waals surface area contributed by atoms with Gasteiger partial charge in [0.15, 0.2) is 0 Å². The summed E-state index contributed by atoms with van der Waals surface area (Å²) in [5.74, 6) is -0.575. The minimum Gasteiger partial charge on any atom is -0.425 e. The van der Waals surface area contributed by atoms with Crippen LogP contribution >= 0.6 is 11.6 Å². The van der Waals surface area contributed by atoms with E-state index >= 15 is 0 Å². The van der Waals surface area contributed by atoms with Gasteiger partial charge < -0.3 is 4.74 Å². The van der Waals surface area contributed by atoms with E-state index in [9.17, 15) is 13.2 Å². The highest BCUT2D eigenvalue weighted by Gasteiger charge is 2.16. The van der Waals surface area contributed by atoms with E-state index in [-0.39, 0.29) is 5.75 Å². The summed E-state index contributed by atoms with van der Waals surface area (Å²) in [5.41, 5.74) is 1.26. The van der Waals surface area contributed by atoms with Gasteiger partial charge in [0.2, 0.25) is 10.0 Å². The van der Waals surface area contributed by atoms with Crippen molar-refractivity contribution in [2.45, 2.75) is 12.7 Å². The fourth-order valence-electron chi connectivity index (χ4n) is 1.87. The number of aryl methyl sites for hydroxylation is 1. The number of carbonyl (C=O) groups excluding carboxylic acids is 1. The molecule has 0 heterocycles. The number of para-hydroxylation sites is 1. The van der Waals surface area contributed by atoms with Crippen LogP contribution in [0.5, 0.6) is 5.75 Å². The maximum atomic E-state index is 12.0. The molecule has 23 heavy (non-hydrogen) atoms. The topological polar surface area (TPSA) is 72.5 Å². The second-order valence-electron chi connectivity index (χ2n) is 4.91. The fourth-order valence-corrected chi connectivity index (χ4v) is 3.25. The first-order valence-electron chi connectivity index (χ1n) is 6.84. The molecule has 0 fully saturated rings. The van der Waals surface area contributed by atoms with Crippen LogP contribution in [0.25, 0.3) is 0 Å². The lowest BCUT2D eigenvalue weighted by Crippen LogP contribution is -2.32. The average molecular weight is 354 g/mol. The van der Waals surface area contributed by atoms with Gasteiger partial charge in [-0.15, -0.1) is 0 Å². The van der Waals surface area contributed by atoms with Gasteiger partial charge >= 0.3 is 5.97 Å². The number of nitrogens with one attached hydrogen (secondary N) is 1. The summed E-state index contributed by atoms with van der Waals surface area (Å²) in [6, 6.07) is 13.6. The number of rotatable bonds is 6. The summed E-state index contributed by atoms with van der Waals surface area (Å²) in [6.07, 6.45) is 0. The van der Waals surface area contributed by atoms with E-state index in [1.54, 1.807) is 49.4 Å². The molecule has 0 saturated carbocycles. The lowest BCUT2D eigenvalue weighted by Gasteiger charge is -2.09. The second-order valence-corrected chi connectivity index (χ2v) is 7.13. The van der Waals surface area contributed by atoms with Crippen LogP contribution < -0.4 is 9.46 Å². The Bertz CT molecular complexity index is 805. The molecule has 0 aliphatic heterocycles. The van der Waals surface area contributed by atoms with Crippen LogP contribution in [0.15, 0.2) is 48.5 Å². The molecule has 2 rings (SSSR count). The Morgan fingerprint density at radius 1 is 1.13 bits per heavy atom. The summed E-state index contributed by atoms with van der Waals surface area (Å²) in [5, 5.41) is 0.361. The van der Waals surface area contributed by atoms with Crippen LogP contribution in [-0.2, 0) is 20.6 Å². The van der Waals surface area contributed by atoms with E-state index in [0.717, 1.165) is 5.56 Å². The number of hydrogen-bond donors (Lipinski definition) is 1. The van der Waals surface area contributed by atoms with Crippen molar-refractivity contribution in [3.8, 4) is 5.75 Å². The molecule has 0 amide bonds. The summed E-state index contributed by atoms with van der Waals surface area (Å²) in [4.78, 5) is 11.8. The highest BCUT2D eigenvalue weighted by atomic mass is 35.5. The zero-order valence-electron chi connectivity index (χ0n) is 12.5. The monoisotopic (exact) mass is 353 g/mol. The summed E-state index contributed by atoms with van der Waals surface area (Å²) in [6.45, 7) is 1.35. The highest BCUT2D eigenvalue weighted by molar-refractivity contribution is 7.88. The smallest absolute Gasteiger partial charge is 0.326 e. The van der Waals surface area contributed by atoms with Gasteiger partial charge in [-0.1, -0.05) is 48.0 Å². The minimum absolute atomic E-state index is 0.301. The Morgan fingerprint density at radius 3 is 2.48 bits per heavy atom. The largest absolute Gasteiger partial charge is 0.425 e. The third kappa shape index (κ3) is 5.35. The molecule has 0 spiro atoms. The van der Waals surface area contributed by atoms with E-state index in [0.29, 0.717) is 16.3 Å². The number of esters is 1. The first kappa shape index (κ1) is 17.5. The number of benzene rings is 2. The summed E-state index contributed by atoms with van der Waals surface area (Å²) < 4.78 is 31.3. The quantitative estimate of drug-likeness (QED) is 0.640. The SMILES string of the molecule is Cc1ccccc1OC(=O)CNS(=O)(=O)Cc1ccccc1Cl. The molecule has 5 nitrogen and oxygen atoms in total. The molecule has 0 aromatic heterocycles. The van der Waals surface area contributed by atoms with Gasteiger partial charge in [0.1, 0.15) is 12.3 Å². The number of carbonyl (C=O) groups is 1. The fraction of sp³-hybridized carbons (Fsp3) is 0.188. The van der Waals surface area contributed by atoms with Crippen molar-refractivity contribution < 1.29 is 17.9 Å². The Hall–Kier alpha value is -1.89. The lowest BCUT2D eigenvalue weighted by molar-refractivity contribution is -0.133. The molecule has 2 aromatic carbocycles. The maximum Gasteiger partial charge on any atom is 0.326 e. The maximum absolute atomic E-state index is 12.0. The van der Waals surface area contributed by atoms with Crippen molar-refractivity contribution >= 4 is 27.6 Å². The number of sulfonamides is 1. The predicted molar refractivity (Wildman–Crippen MR) is 88.9 cm³/mol. The number of halogens is 1. The van der Waals surface area contributed by atoms with Gasteiger partial charge in [-0.05, 0) is 30.2 Å². The van der Waals surface area contributed by atoms with Crippen LogP contribution in [-0.4, -0.2) is 20.9 Å². The Morgan fingerprint density at radius 2 is 1.78 bits per heavy atom. The minimum atomic E-state index is -3.69. The number of hydrogen-bond acceptors (Lipinski definition) is 4. The zero-order valence-corrected chi connectivity index (χ0v) is 14.0. The molecular formula is C16H16ClNO4S. The predicted octanol–water partition coefficient (Wildman–Crippen LogP) is 2.67. The van der Waals surface area contributed by atoms with Crippen LogP contribution in [0, 0.1) is 6.92 Å². The molecule has 2 aromatic rings. The van der Waals surface area contributed by atoms with Crippen LogP contribution in [0.4, 0.5) is 0 Å². The summed E-state index contributed by atoms with van der Waals surface area (Å²) in [7, 11) is -3.69. The highest BCUT2D eigenvalue weighted by Crippen LogP contribution is 2.18. The Kier molecular flexibility index (Phi) is 5.76. The summed E-state index contributed by atoms with van der Waals surface area (Å²) >= 11 is 5.93. The average Bonchev–Trinajstić information content (AvgIpc) is 2.50. The molecule has 0 atom stereocenters. The standard InChI is InChI=1S/C16H16ClNO4S/c1-12-6-2-5-9-15(12)22-16(19)10-18-23(20,21)11-13-7-3-4-8-14(13)17/h2-9,18H,10-11H2,1H3. The van der Waals surface area contributed by atoms with Crippen molar-refractivity contribution in [2.75, 3.05) is 6.54 Å². The molecule has 0 saturated heterocycles. The van der Waals surface area contributed by atoms with Gasteiger partial charge in [-0.3, -0.25) is 4.79 Å². The van der Waals surface area contributed by atoms with Crippen molar-refractivity contribution in [2.24, 2.45) is 0 Å². The third-order valence-electron chi connectivity index (χ3n) is 3.06. The van der Waals surface area contributed by atoms with Gasteiger partial charge in [0.25, 0.3) is 0 Å². The zero-order chi connectivity index (χ0) is 16.9. The molecular weight excluding hydrogens is 338 g/mol. The van der Waals surface area contributed by atoms with Crippen LogP contribution in [0.3, 0.4) is 0 Å². The van der Waals surface area contributed by atoms with Gasteiger partial charge in [0.05, 0.1) is 5.75 Å². The molecule has 1 N–H and O–H groups in total.